The van der Waals surface area contributed by atoms with Crippen LogP contribution in [0.1, 0.15) is 0 Å². The van der Waals surface area contributed by atoms with E-state index >= 15 is 0 Å². The number of rotatable bonds is 0. The summed E-state index contributed by atoms with van der Waals surface area (Å²) in [5, 5.41) is 0. The van der Waals surface area contributed by atoms with Crippen LogP contribution >= 0.6 is 51.3 Å². The second-order valence-electron chi connectivity index (χ2n) is 4.31. The highest BCUT2D eigenvalue weighted by Gasteiger charge is 2.68. The summed E-state index contributed by atoms with van der Waals surface area (Å²) in [5.41, 5.74) is 0. The van der Waals surface area contributed by atoms with Crippen LogP contribution in [0.15, 0.2) is 0 Å². The lowest BCUT2D eigenvalue weighted by molar-refractivity contribution is -0.656. The summed E-state index contributed by atoms with van der Waals surface area (Å²) < 4.78 is 11.3. The molecule has 3 aliphatic rings. The Bertz CT molecular complexity index is 242. The molecule has 3 aliphatic heterocycles. The summed E-state index contributed by atoms with van der Waals surface area (Å²) in [6.07, 6.45) is 0. The van der Waals surface area contributed by atoms with E-state index in [2.05, 4.69) is 51.3 Å². The Hall–Kier alpha value is 1.24. The normalized spacial score (nSPS) is 38.2. The lowest BCUT2D eigenvalue weighted by Gasteiger charge is -2.27. The van der Waals surface area contributed by atoms with E-state index in [0.29, 0.717) is 18.7 Å². The molecule has 3 fully saturated rings. The van der Waals surface area contributed by atoms with Crippen molar-refractivity contribution in [2.75, 3.05) is 39.5 Å². The number of morpholine rings is 2. The van der Waals surface area contributed by atoms with Crippen LogP contribution in [-0.4, -0.2) is 58.2 Å². The van der Waals surface area contributed by atoms with E-state index in [1.165, 1.54) is 0 Å². The molecule has 3 saturated heterocycles. The zero-order chi connectivity index (χ0) is 11.8. The Morgan fingerprint density at radius 3 is 1.56 bits per heavy atom. The van der Waals surface area contributed by atoms with E-state index in [0.717, 1.165) is 39.5 Å². The third kappa shape index (κ3) is 3.17. The highest BCUT2D eigenvalue weighted by atomic mass is 32.2. The Labute approximate surface area is 119 Å². The van der Waals surface area contributed by atoms with Crippen molar-refractivity contribution in [1.82, 2.24) is 0 Å². The molecule has 16 heavy (non-hydrogen) atoms. The predicted molar refractivity (Wildman–Crippen MR) is 75.4 cm³/mol. The fraction of sp³-hybridized carbons (Fsp3) is 1.00. The summed E-state index contributed by atoms with van der Waals surface area (Å²) in [6, 6.07) is 1.14. The number of ether oxygens (including phenoxy) is 2. The summed E-state index contributed by atoms with van der Waals surface area (Å²) in [7, 11) is 0. The van der Waals surface area contributed by atoms with Crippen LogP contribution in [0.2, 0.25) is 0 Å². The Morgan fingerprint density at radius 2 is 1.31 bits per heavy atom. The first-order valence-electron chi connectivity index (χ1n) is 5.25. The average Bonchev–Trinajstić information content (AvgIpc) is 2.64. The Balaban J connectivity index is 0.000000120. The highest BCUT2D eigenvalue weighted by molar-refractivity contribution is 7.88. The van der Waals surface area contributed by atoms with Gasteiger partial charge in [0.15, 0.2) is 12.1 Å². The first kappa shape index (κ1) is 13.7. The van der Waals surface area contributed by atoms with Gasteiger partial charge in [0.05, 0.1) is 64.5 Å². The smallest absolute Gasteiger partial charge is 0.190 e. The number of fused-ring (bicyclic) bond motifs is 1. The molecule has 3 rings (SSSR count). The van der Waals surface area contributed by atoms with Crippen LogP contribution in [0.5, 0.6) is 0 Å². The Morgan fingerprint density at radius 1 is 0.812 bits per heavy atom. The molecular weight excluding hydrogens is 284 g/mol. The van der Waals surface area contributed by atoms with Gasteiger partial charge in [-0.2, -0.15) is 3.29 Å². The maximum Gasteiger partial charge on any atom is 0.190 e. The summed E-state index contributed by atoms with van der Waals surface area (Å²) >= 11 is 17.0. The van der Waals surface area contributed by atoms with Gasteiger partial charge in [-0.05, 0) is 0 Å². The van der Waals surface area contributed by atoms with Gasteiger partial charge in [-0.1, -0.05) is 0 Å². The summed E-state index contributed by atoms with van der Waals surface area (Å²) in [5.74, 6) is 0. The molecule has 0 amide bonds. The van der Waals surface area contributed by atoms with Crippen molar-refractivity contribution in [3.63, 3.8) is 0 Å². The Kier molecular flexibility index (Phi) is 4.34. The topological polar surface area (TPSA) is 18.5 Å². The van der Waals surface area contributed by atoms with E-state index in [1.807, 2.05) is 0 Å². The van der Waals surface area contributed by atoms with Gasteiger partial charge in [-0.15, -0.1) is 0 Å². The standard InChI is InChI=1S/C4H8NOS2.C4H10NOS2/c7-5(8)3-1-6-2-4(3)5;7-5(8)1-3-6-4-2-5/h3-4,7-8H,1-2H2;7-8H,1-4H2/q2*+1. The van der Waals surface area contributed by atoms with Crippen LogP contribution in [0.4, 0.5) is 0 Å². The average molecular weight is 303 g/mol. The molecule has 0 aromatic heterocycles. The number of hydrogen-bond donors (Lipinski definition) is 4. The van der Waals surface area contributed by atoms with E-state index in [9.17, 15) is 0 Å². The van der Waals surface area contributed by atoms with Crippen molar-refractivity contribution >= 4 is 51.3 Å². The molecule has 0 spiro atoms. The van der Waals surface area contributed by atoms with Gasteiger partial charge in [0, 0.05) is 0 Å². The lowest BCUT2D eigenvalue weighted by atomic mass is 10.4. The maximum absolute atomic E-state index is 5.13. The van der Waals surface area contributed by atoms with Crippen LogP contribution in [0.25, 0.3) is 0 Å². The van der Waals surface area contributed by atoms with Crippen LogP contribution in [0, 0.1) is 0 Å². The minimum absolute atomic E-state index is 0.514. The number of quaternary nitrogens is 2. The second kappa shape index (κ2) is 5.08. The fourth-order valence-corrected chi connectivity index (χ4v) is 2.92. The number of nitrogens with zero attached hydrogens (tertiary/aromatic N) is 2. The zero-order valence-electron chi connectivity index (χ0n) is 8.90. The lowest BCUT2D eigenvalue weighted by Crippen LogP contribution is -2.39. The molecule has 8 heteroatoms. The minimum atomic E-state index is 0.514. The van der Waals surface area contributed by atoms with E-state index in [4.69, 9.17) is 9.47 Å². The van der Waals surface area contributed by atoms with E-state index in [-0.39, 0.29) is 0 Å². The number of thiol groups is 4. The second-order valence-corrected chi connectivity index (χ2v) is 7.80. The molecule has 0 saturated carbocycles. The molecule has 3 heterocycles. The van der Waals surface area contributed by atoms with Gasteiger partial charge in [0.25, 0.3) is 0 Å². The van der Waals surface area contributed by atoms with E-state index < -0.39 is 0 Å². The maximum atomic E-state index is 5.13. The van der Waals surface area contributed by atoms with Crippen molar-refractivity contribution in [3.05, 3.63) is 0 Å². The van der Waals surface area contributed by atoms with Crippen molar-refractivity contribution in [2.24, 2.45) is 0 Å². The first-order chi connectivity index (χ1) is 7.43. The van der Waals surface area contributed by atoms with Crippen molar-refractivity contribution in [3.8, 4) is 0 Å². The molecule has 0 aromatic rings. The summed E-state index contributed by atoms with van der Waals surface area (Å²) in [6.45, 7) is 5.05. The first-order valence-corrected chi connectivity index (χ1v) is 6.85. The van der Waals surface area contributed by atoms with Crippen LogP contribution in [-0.2, 0) is 9.47 Å². The monoisotopic (exact) mass is 302 g/mol. The molecule has 0 radical (unpaired) electrons. The zero-order valence-corrected chi connectivity index (χ0v) is 12.5. The van der Waals surface area contributed by atoms with Gasteiger partial charge in [-0.3, -0.25) is 0 Å². The fourth-order valence-electron chi connectivity index (χ4n) is 1.83. The van der Waals surface area contributed by atoms with Gasteiger partial charge < -0.3 is 9.47 Å². The van der Waals surface area contributed by atoms with Gasteiger partial charge >= 0.3 is 0 Å². The predicted octanol–water partition coefficient (Wildman–Crippen LogP) is 0.797. The highest BCUT2D eigenvalue weighted by Crippen LogP contribution is 2.48. The van der Waals surface area contributed by atoms with Crippen molar-refractivity contribution in [2.45, 2.75) is 12.1 Å². The van der Waals surface area contributed by atoms with Crippen LogP contribution < -0.4 is 0 Å². The van der Waals surface area contributed by atoms with Gasteiger partial charge in [-0.25, -0.2) is 3.29 Å². The SMILES string of the molecule is S[N+]1(S)C2COCC21.S[N+]1(S)CCOCC1. The van der Waals surface area contributed by atoms with Gasteiger partial charge in [0.2, 0.25) is 0 Å². The molecular formula is C8H18N2O2S4+2. The molecule has 0 aliphatic carbocycles. The van der Waals surface area contributed by atoms with Gasteiger partial charge in [0.1, 0.15) is 26.3 Å². The molecule has 4 nitrogen and oxygen atoms in total. The molecule has 0 bridgehead atoms. The van der Waals surface area contributed by atoms with Crippen LogP contribution in [0.3, 0.4) is 0 Å². The minimum Gasteiger partial charge on any atom is -0.370 e. The molecule has 2 unspecified atom stereocenters. The summed E-state index contributed by atoms with van der Waals surface area (Å²) in [4.78, 5) is 0. The third-order valence-electron chi connectivity index (χ3n) is 3.10. The third-order valence-corrected chi connectivity index (χ3v) is 5.08. The quantitative estimate of drug-likeness (QED) is 0.301. The molecule has 94 valence electrons. The van der Waals surface area contributed by atoms with Crippen molar-refractivity contribution in [1.29, 1.82) is 0 Å². The number of hydrogen-bond acceptors (Lipinski definition) is 6. The largest absolute Gasteiger partial charge is 0.370 e. The van der Waals surface area contributed by atoms with Crippen molar-refractivity contribution < 1.29 is 16.1 Å². The van der Waals surface area contributed by atoms with E-state index in [1.54, 1.807) is 0 Å². The molecule has 2 atom stereocenters. The molecule has 0 aromatic carbocycles. The molecule has 0 N–H and O–H groups in total.